The van der Waals surface area contributed by atoms with Gasteiger partial charge in [0.05, 0.1) is 30.5 Å². The molecule has 0 spiro atoms. The third kappa shape index (κ3) is 10.6. The zero-order valence-corrected chi connectivity index (χ0v) is 34.7. The fraction of sp³-hybridized carbons (Fsp3) is 0.767. The molecule has 4 aliphatic rings. The molecular weight excluding hydrogens is 722 g/mol. The van der Waals surface area contributed by atoms with Crippen LogP contribution in [0.1, 0.15) is 98.8 Å². The van der Waals surface area contributed by atoms with Gasteiger partial charge in [-0.1, -0.05) is 44.6 Å². The maximum Gasteiger partial charge on any atom is 0.329 e. The molecule has 13 nitrogen and oxygen atoms in total. The molecular formula is C43H67NO12. The summed E-state index contributed by atoms with van der Waals surface area (Å²) in [6.07, 6.45) is 4.23. The predicted octanol–water partition coefficient (Wildman–Crippen LogP) is 4.25. The highest BCUT2D eigenvalue weighted by Crippen LogP contribution is 2.39. The number of Topliss-reactive ketones (excluding diaryl/α,β-unsaturated/α-hetero) is 2. The van der Waals surface area contributed by atoms with E-state index < -0.39 is 83.9 Å². The largest absolute Gasteiger partial charge is 0.456 e. The number of amides is 1. The maximum atomic E-state index is 14.2. The van der Waals surface area contributed by atoms with E-state index in [-0.39, 0.29) is 49.5 Å². The van der Waals surface area contributed by atoms with Gasteiger partial charge in [-0.05, 0) is 89.0 Å². The Morgan fingerprint density at radius 2 is 1.61 bits per heavy atom. The lowest BCUT2D eigenvalue weighted by molar-refractivity contribution is -0.302. The first-order chi connectivity index (χ1) is 26.5. The van der Waals surface area contributed by atoms with E-state index in [2.05, 4.69) is 6.58 Å². The van der Waals surface area contributed by atoms with Gasteiger partial charge >= 0.3 is 5.97 Å². The number of ketones is 2. The van der Waals surface area contributed by atoms with Gasteiger partial charge in [0.25, 0.3) is 11.7 Å². The van der Waals surface area contributed by atoms with E-state index in [1.807, 2.05) is 26.0 Å². The number of aliphatic hydroxyl groups excluding tert-OH is 2. The van der Waals surface area contributed by atoms with Crippen LogP contribution < -0.4 is 0 Å². The van der Waals surface area contributed by atoms with E-state index in [1.54, 1.807) is 34.0 Å². The van der Waals surface area contributed by atoms with Gasteiger partial charge in [-0.25, -0.2) is 4.79 Å². The molecule has 2 saturated heterocycles. The molecule has 1 saturated carbocycles. The lowest BCUT2D eigenvalue weighted by Gasteiger charge is -2.46. The second-order valence-corrected chi connectivity index (χ2v) is 16.9. The summed E-state index contributed by atoms with van der Waals surface area (Å²) in [5.74, 6) is -7.76. The Hall–Kier alpha value is -2.78. The van der Waals surface area contributed by atoms with Crippen molar-refractivity contribution in [2.24, 2.45) is 29.6 Å². The molecule has 13 heteroatoms. The van der Waals surface area contributed by atoms with Crippen LogP contribution in [0.3, 0.4) is 0 Å². The molecule has 0 aromatic carbocycles. The Kier molecular flexibility index (Phi) is 16.6. The van der Waals surface area contributed by atoms with E-state index in [1.165, 1.54) is 14.2 Å². The van der Waals surface area contributed by atoms with Gasteiger partial charge in [0.2, 0.25) is 5.79 Å². The Morgan fingerprint density at radius 3 is 2.25 bits per heavy atom. The Morgan fingerprint density at radius 1 is 0.946 bits per heavy atom. The molecule has 1 aliphatic carbocycles. The maximum absolute atomic E-state index is 14.2. The zero-order chi connectivity index (χ0) is 41.5. The van der Waals surface area contributed by atoms with Crippen molar-refractivity contribution in [2.75, 3.05) is 27.9 Å². The number of methoxy groups -OCH3 is 3. The van der Waals surface area contributed by atoms with Gasteiger partial charge in [0, 0.05) is 52.0 Å². The van der Waals surface area contributed by atoms with E-state index in [0.29, 0.717) is 50.5 Å². The number of fused-ring (bicyclic) bond motifs is 3. The molecule has 2 bridgehead atoms. The van der Waals surface area contributed by atoms with Gasteiger partial charge < -0.3 is 43.9 Å². The Labute approximate surface area is 332 Å². The highest BCUT2D eigenvalue weighted by atomic mass is 16.7. The fourth-order valence-electron chi connectivity index (χ4n) is 9.26. The van der Waals surface area contributed by atoms with Crippen molar-refractivity contribution in [2.45, 2.75) is 153 Å². The number of esters is 1. The summed E-state index contributed by atoms with van der Waals surface area (Å²) < 4.78 is 29.6. The number of allylic oxidation sites excluding steroid dienone is 4. The topological polar surface area (TPSA) is 178 Å². The first-order valence-electron chi connectivity index (χ1n) is 20.4. The van der Waals surface area contributed by atoms with E-state index >= 15 is 0 Å². The van der Waals surface area contributed by atoms with Gasteiger partial charge in [-0.15, -0.1) is 6.58 Å². The molecule has 14 atom stereocenters. The number of cyclic esters (lactones) is 1. The van der Waals surface area contributed by atoms with Crippen molar-refractivity contribution in [1.82, 2.24) is 4.90 Å². The van der Waals surface area contributed by atoms with Crippen LogP contribution >= 0.6 is 0 Å². The summed E-state index contributed by atoms with van der Waals surface area (Å²) in [7, 11) is 4.60. The lowest BCUT2D eigenvalue weighted by atomic mass is 9.81. The number of rotatable bonds is 7. The molecule has 3 heterocycles. The van der Waals surface area contributed by atoms with Crippen LogP contribution in [0.25, 0.3) is 0 Å². The van der Waals surface area contributed by atoms with Crippen LogP contribution in [0.2, 0.25) is 0 Å². The predicted molar refractivity (Wildman–Crippen MR) is 208 cm³/mol. The van der Waals surface area contributed by atoms with E-state index in [0.717, 1.165) is 10.5 Å². The molecule has 3 N–H and O–H groups in total. The van der Waals surface area contributed by atoms with Crippen molar-refractivity contribution >= 4 is 23.4 Å². The quantitative estimate of drug-likeness (QED) is 0.190. The third-order valence-electron chi connectivity index (χ3n) is 12.6. The summed E-state index contributed by atoms with van der Waals surface area (Å²) in [6, 6.07) is -1.13. The second kappa shape index (κ2) is 20.3. The standard InChI is InChI=1S/C43H67NO12/c1-10-12-30-18-24(2)17-25(3)19-36(53-8)39-37(54-9)21-27(5)43(51,56-39)40(48)41(49)44-16-11-13-31(44)42(50)55-38(28(6)33(46)23-34(30)47)26(4)20-29-14-15-32(45)35(22-29)52-7/h10,18,20,25,27-33,35-39,45-46,51H,1,11-17,19,21-23H2,2-9H3/b24-18+,26-20+. The SMILES string of the molecule is C=CCC1/C=C(\C)CC(C)CC(OC)C2OC(O)(C(=O)C(=O)N3CCCC3C(=O)OC(/C(C)=C/C3CCC(O)C(OC)C3)C(C)C(O)CC1=O)C(C)CC2OC. The van der Waals surface area contributed by atoms with Crippen molar-refractivity contribution in [3.05, 3.63) is 36.0 Å². The van der Waals surface area contributed by atoms with E-state index in [4.69, 9.17) is 23.7 Å². The van der Waals surface area contributed by atoms with Crippen LogP contribution in [0.15, 0.2) is 36.0 Å². The molecule has 0 aromatic rings. The van der Waals surface area contributed by atoms with Gasteiger partial charge in [0.1, 0.15) is 24.0 Å². The third-order valence-corrected chi connectivity index (χ3v) is 12.6. The number of nitrogens with zero attached hydrogens (tertiary/aromatic N) is 1. The van der Waals surface area contributed by atoms with Gasteiger partial charge in [-0.3, -0.25) is 14.4 Å². The van der Waals surface area contributed by atoms with Crippen molar-refractivity contribution in [1.29, 1.82) is 0 Å². The monoisotopic (exact) mass is 789 g/mol. The lowest BCUT2D eigenvalue weighted by Crippen LogP contribution is -2.63. The molecule has 3 aliphatic heterocycles. The first kappa shape index (κ1) is 45.9. The minimum Gasteiger partial charge on any atom is -0.456 e. The molecule has 0 radical (unpaired) electrons. The summed E-state index contributed by atoms with van der Waals surface area (Å²) in [4.78, 5) is 57.3. The highest BCUT2D eigenvalue weighted by Gasteiger charge is 2.57. The number of hydrogen-bond acceptors (Lipinski definition) is 12. The van der Waals surface area contributed by atoms with Gasteiger partial charge in [0.15, 0.2) is 0 Å². The highest BCUT2D eigenvalue weighted by molar-refractivity contribution is 6.39. The number of carbonyl (C=O) groups is 4. The molecule has 14 unspecified atom stereocenters. The number of aliphatic hydroxyl groups is 3. The molecule has 3 fully saturated rings. The Balaban J connectivity index is 1.76. The molecule has 56 heavy (non-hydrogen) atoms. The van der Waals surface area contributed by atoms with E-state index in [9.17, 15) is 34.5 Å². The summed E-state index contributed by atoms with van der Waals surface area (Å²) in [6.45, 7) is 13.1. The summed E-state index contributed by atoms with van der Waals surface area (Å²) in [5.41, 5.74) is 1.61. The van der Waals surface area contributed by atoms with Gasteiger partial charge in [-0.2, -0.15) is 0 Å². The number of carbonyl (C=O) groups excluding carboxylic acids is 4. The normalized spacial score (nSPS) is 41.3. The van der Waals surface area contributed by atoms with Crippen LogP contribution in [-0.2, 0) is 42.9 Å². The average molecular weight is 790 g/mol. The van der Waals surface area contributed by atoms with Crippen molar-refractivity contribution in [3.8, 4) is 0 Å². The first-order valence-corrected chi connectivity index (χ1v) is 20.4. The zero-order valence-electron chi connectivity index (χ0n) is 34.7. The summed E-state index contributed by atoms with van der Waals surface area (Å²) in [5, 5.41) is 34.0. The molecule has 4 rings (SSSR count). The minimum absolute atomic E-state index is 0.00899. The smallest absolute Gasteiger partial charge is 0.329 e. The molecule has 316 valence electrons. The second-order valence-electron chi connectivity index (χ2n) is 16.9. The molecule has 1 amide bonds. The van der Waals surface area contributed by atoms with Crippen LogP contribution in [-0.4, -0.2) is 126 Å². The number of ether oxygens (including phenoxy) is 5. The Bertz CT molecular complexity index is 1460. The van der Waals surface area contributed by atoms with Crippen LogP contribution in [0, 0.1) is 29.6 Å². The fourth-order valence-corrected chi connectivity index (χ4v) is 9.26. The molecule has 0 aromatic heterocycles. The minimum atomic E-state index is -2.51. The van der Waals surface area contributed by atoms with Crippen molar-refractivity contribution in [3.63, 3.8) is 0 Å². The average Bonchev–Trinajstić information content (AvgIpc) is 3.66. The van der Waals surface area contributed by atoms with Crippen LogP contribution in [0.5, 0.6) is 0 Å². The van der Waals surface area contributed by atoms with Crippen LogP contribution in [0.4, 0.5) is 0 Å². The summed E-state index contributed by atoms with van der Waals surface area (Å²) >= 11 is 0. The van der Waals surface area contributed by atoms with Crippen molar-refractivity contribution < 1.29 is 58.2 Å². The number of hydrogen-bond donors (Lipinski definition) is 3.